The maximum atomic E-state index is 12.6. The van der Waals surface area contributed by atoms with Gasteiger partial charge in [0.25, 0.3) is 0 Å². The fourth-order valence-electron chi connectivity index (χ4n) is 3.86. The molecular formula is C26H30N4O3. The van der Waals surface area contributed by atoms with E-state index in [1.165, 1.54) is 7.11 Å². The fourth-order valence-corrected chi connectivity index (χ4v) is 3.86. The number of nitrogens with zero attached hydrogens (tertiary/aromatic N) is 1. The standard InChI is InChI=1S/C26H30N4O3/c1-33-26(32)23(29-24(31)18-30-15-5-8-22(17-30)25(27)28)16-21-13-11-20(12-14-21)10-9-19-6-3-2-4-7-19/h2-4,6-7,11-14,22-23H,5,8,15-18H2,1H3,(H3,27,28)(H,29,31). The number of nitrogens with one attached hydrogen (secondary N) is 2. The Bertz CT molecular complexity index is 1020. The summed E-state index contributed by atoms with van der Waals surface area (Å²) in [5, 5.41) is 10.4. The number of amidine groups is 1. The summed E-state index contributed by atoms with van der Waals surface area (Å²) in [5.41, 5.74) is 8.33. The summed E-state index contributed by atoms with van der Waals surface area (Å²) in [7, 11) is 1.31. The highest BCUT2D eigenvalue weighted by Gasteiger charge is 2.26. The summed E-state index contributed by atoms with van der Waals surface area (Å²) in [6, 6.07) is 16.6. The molecule has 1 aliphatic rings. The highest BCUT2D eigenvalue weighted by molar-refractivity contribution is 5.86. The predicted molar refractivity (Wildman–Crippen MR) is 128 cm³/mol. The van der Waals surface area contributed by atoms with Crippen molar-refractivity contribution >= 4 is 17.7 Å². The van der Waals surface area contributed by atoms with Crippen LogP contribution < -0.4 is 11.1 Å². The first kappa shape index (κ1) is 24.0. The molecule has 7 heteroatoms. The molecule has 0 aliphatic carbocycles. The van der Waals surface area contributed by atoms with E-state index >= 15 is 0 Å². The van der Waals surface area contributed by atoms with Gasteiger partial charge >= 0.3 is 5.97 Å². The van der Waals surface area contributed by atoms with Gasteiger partial charge in [-0.25, -0.2) is 4.79 Å². The summed E-state index contributed by atoms with van der Waals surface area (Å²) in [6.07, 6.45) is 2.07. The third-order valence-electron chi connectivity index (χ3n) is 5.65. The molecule has 2 aromatic carbocycles. The number of esters is 1. The second kappa shape index (κ2) is 11.8. The van der Waals surface area contributed by atoms with Crippen molar-refractivity contribution in [1.29, 1.82) is 5.41 Å². The van der Waals surface area contributed by atoms with Crippen LogP contribution in [0.4, 0.5) is 0 Å². The number of carbonyl (C=O) groups excluding carboxylic acids is 2. The van der Waals surface area contributed by atoms with Gasteiger partial charge in [-0.1, -0.05) is 42.2 Å². The Morgan fingerprint density at radius 1 is 1.15 bits per heavy atom. The van der Waals surface area contributed by atoms with Crippen LogP contribution in [0.25, 0.3) is 0 Å². The van der Waals surface area contributed by atoms with Crippen molar-refractivity contribution in [2.75, 3.05) is 26.7 Å². The first-order valence-electron chi connectivity index (χ1n) is 11.0. The number of hydrogen-bond donors (Lipinski definition) is 3. The van der Waals surface area contributed by atoms with Gasteiger partial charge in [-0.3, -0.25) is 15.1 Å². The zero-order valence-corrected chi connectivity index (χ0v) is 18.8. The number of rotatable bonds is 7. The van der Waals surface area contributed by atoms with Crippen LogP contribution in [-0.2, 0) is 20.7 Å². The SMILES string of the molecule is COC(=O)C(Cc1ccc(C#Cc2ccccc2)cc1)NC(=O)CN1CCCC(C(=N)N)C1. The molecule has 1 heterocycles. The summed E-state index contributed by atoms with van der Waals surface area (Å²) in [4.78, 5) is 26.9. The van der Waals surface area contributed by atoms with Crippen molar-refractivity contribution in [3.63, 3.8) is 0 Å². The van der Waals surface area contributed by atoms with Gasteiger partial charge in [0.1, 0.15) is 6.04 Å². The average Bonchev–Trinajstić information content (AvgIpc) is 2.83. The molecule has 1 saturated heterocycles. The van der Waals surface area contributed by atoms with Gasteiger partial charge in [-0.15, -0.1) is 0 Å². The minimum atomic E-state index is -0.780. The van der Waals surface area contributed by atoms with E-state index in [4.69, 9.17) is 15.9 Å². The Morgan fingerprint density at radius 2 is 1.82 bits per heavy atom. The van der Waals surface area contributed by atoms with Crippen LogP contribution in [0.3, 0.4) is 0 Å². The second-order valence-electron chi connectivity index (χ2n) is 8.19. The molecule has 172 valence electrons. The first-order valence-corrected chi connectivity index (χ1v) is 11.0. The first-order chi connectivity index (χ1) is 15.9. The number of piperidine rings is 1. The smallest absolute Gasteiger partial charge is 0.328 e. The van der Waals surface area contributed by atoms with Crippen LogP contribution in [-0.4, -0.2) is 55.4 Å². The lowest BCUT2D eigenvalue weighted by atomic mass is 9.97. The van der Waals surface area contributed by atoms with E-state index in [1.807, 2.05) is 59.5 Å². The number of likely N-dealkylation sites (tertiary alicyclic amines) is 1. The molecule has 0 bridgehead atoms. The molecule has 1 aliphatic heterocycles. The quantitative estimate of drug-likeness (QED) is 0.261. The molecule has 33 heavy (non-hydrogen) atoms. The Balaban J connectivity index is 1.59. The Hall–Kier alpha value is -3.63. The highest BCUT2D eigenvalue weighted by Crippen LogP contribution is 2.16. The minimum Gasteiger partial charge on any atom is -0.467 e. The number of ether oxygens (including phenoxy) is 1. The molecule has 1 amide bonds. The number of nitrogens with two attached hydrogens (primary N) is 1. The van der Waals surface area contributed by atoms with Gasteiger partial charge in [0.15, 0.2) is 0 Å². The van der Waals surface area contributed by atoms with Crippen LogP contribution in [0.15, 0.2) is 54.6 Å². The van der Waals surface area contributed by atoms with Crippen molar-refractivity contribution < 1.29 is 14.3 Å². The van der Waals surface area contributed by atoms with E-state index in [2.05, 4.69) is 17.2 Å². The van der Waals surface area contributed by atoms with Gasteiger partial charge < -0.3 is 15.8 Å². The third-order valence-corrected chi connectivity index (χ3v) is 5.65. The van der Waals surface area contributed by atoms with Gasteiger partial charge in [0.2, 0.25) is 5.91 Å². The van der Waals surface area contributed by atoms with Crippen LogP contribution in [0.2, 0.25) is 0 Å². The molecule has 0 radical (unpaired) electrons. The average molecular weight is 447 g/mol. The largest absolute Gasteiger partial charge is 0.467 e. The van der Waals surface area contributed by atoms with Crippen LogP contribution in [0.5, 0.6) is 0 Å². The number of hydrogen-bond acceptors (Lipinski definition) is 5. The van der Waals surface area contributed by atoms with Gasteiger partial charge in [-0.05, 0) is 49.2 Å². The fraction of sp³-hybridized carbons (Fsp3) is 0.346. The molecule has 7 nitrogen and oxygen atoms in total. The molecule has 1 fully saturated rings. The normalized spacial score (nSPS) is 16.7. The zero-order valence-electron chi connectivity index (χ0n) is 18.8. The maximum absolute atomic E-state index is 12.6. The Morgan fingerprint density at radius 3 is 2.45 bits per heavy atom. The Kier molecular flexibility index (Phi) is 8.62. The maximum Gasteiger partial charge on any atom is 0.328 e. The summed E-state index contributed by atoms with van der Waals surface area (Å²) < 4.78 is 4.90. The molecule has 0 aromatic heterocycles. The van der Waals surface area contributed by atoms with Crippen molar-refractivity contribution in [1.82, 2.24) is 10.2 Å². The van der Waals surface area contributed by atoms with Crippen molar-refractivity contribution in [2.45, 2.75) is 25.3 Å². The van der Waals surface area contributed by atoms with Gasteiger partial charge in [-0.2, -0.15) is 0 Å². The summed E-state index contributed by atoms with van der Waals surface area (Å²) >= 11 is 0. The monoisotopic (exact) mass is 446 g/mol. The van der Waals surface area contributed by atoms with Crippen molar-refractivity contribution in [3.8, 4) is 11.8 Å². The van der Waals surface area contributed by atoms with Crippen LogP contribution in [0, 0.1) is 23.2 Å². The summed E-state index contributed by atoms with van der Waals surface area (Å²) in [5.74, 6) is 5.64. The van der Waals surface area contributed by atoms with Crippen LogP contribution >= 0.6 is 0 Å². The molecule has 2 atom stereocenters. The molecule has 0 spiro atoms. The van der Waals surface area contributed by atoms with E-state index in [0.29, 0.717) is 13.0 Å². The predicted octanol–water partition coefficient (Wildman–Crippen LogP) is 1.93. The Labute approximate surface area is 194 Å². The van der Waals surface area contributed by atoms with Crippen molar-refractivity contribution in [2.24, 2.45) is 11.7 Å². The van der Waals surface area contributed by atoms with Gasteiger partial charge in [0, 0.05) is 30.0 Å². The van der Waals surface area contributed by atoms with E-state index in [0.717, 1.165) is 36.1 Å². The van der Waals surface area contributed by atoms with E-state index < -0.39 is 12.0 Å². The third kappa shape index (κ3) is 7.48. The molecule has 4 N–H and O–H groups in total. The van der Waals surface area contributed by atoms with Crippen molar-refractivity contribution in [3.05, 3.63) is 71.3 Å². The second-order valence-corrected chi connectivity index (χ2v) is 8.19. The number of methoxy groups -OCH3 is 1. The summed E-state index contributed by atoms with van der Waals surface area (Å²) in [6.45, 7) is 1.51. The van der Waals surface area contributed by atoms with Crippen LogP contribution in [0.1, 0.15) is 29.5 Å². The molecule has 0 saturated carbocycles. The lowest BCUT2D eigenvalue weighted by Gasteiger charge is -2.31. The molecular weight excluding hydrogens is 416 g/mol. The lowest BCUT2D eigenvalue weighted by Crippen LogP contribution is -2.49. The molecule has 2 aromatic rings. The van der Waals surface area contributed by atoms with E-state index in [1.54, 1.807) is 0 Å². The zero-order chi connectivity index (χ0) is 23.6. The molecule has 2 unspecified atom stereocenters. The highest BCUT2D eigenvalue weighted by atomic mass is 16.5. The topological polar surface area (TPSA) is 109 Å². The number of amides is 1. The van der Waals surface area contributed by atoms with E-state index in [-0.39, 0.29) is 24.2 Å². The number of carbonyl (C=O) groups is 2. The number of benzene rings is 2. The van der Waals surface area contributed by atoms with E-state index in [9.17, 15) is 9.59 Å². The molecule has 3 rings (SSSR count). The minimum absolute atomic E-state index is 0.0218. The van der Waals surface area contributed by atoms with Gasteiger partial charge in [0.05, 0.1) is 19.5 Å². The lowest BCUT2D eigenvalue weighted by molar-refractivity contribution is -0.145.